The van der Waals surface area contributed by atoms with Crippen molar-refractivity contribution in [2.24, 2.45) is 0 Å². The molecule has 0 saturated carbocycles. The van der Waals surface area contributed by atoms with E-state index in [1.807, 2.05) is 0 Å². The molecule has 12 heteroatoms. The van der Waals surface area contributed by atoms with Crippen LogP contribution in [0.5, 0.6) is 11.5 Å². The molecule has 0 atom stereocenters. The molecule has 2 nitrogen and oxygen atoms in total. The first-order chi connectivity index (χ1) is 16.1. The maximum atomic E-state index is 14.6. The summed E-state index contributed by atoms with van der Waals surface area (Å²) in [6, 6.07) is 5.10. The smallest absolute Gasteiger partial charge is 0.522 e. The van der Waals surface area contributed by atoms with Gasteiger partial charge in [-0.15, -0.1) is 0 Å². The molecule has 4 rings (SSSR count). The molecule has 0 fully saturated rings. The molecule has 0 heterocycles. The minimum Gasteiger partial charge on any atom is -0.522 e. The second-order valence-electron chi connectivity index (χ2n) is 6.86. The van der Waals surface area contributed by atoms with E-state index in [9.17, 15) is 39.5 Å². The van der Waals surface area contributed by atoms with Crippen LogP contribution in [0.2, 0.25) is 0 Å². The molecule has 0 saturated heterocycles. The summed E-state index contributed by atoms with van der Waals surface area (Å²) < 4.78 is 136. The van der Waals surface area contributed by atoms with E-state index in [-0.39, 0.29) is 0 Å². The Morgan fingerprint density at radius 3 is 1.91 bits per heavy atom. The Balaban J connectivity index is 1.89. The molecule has 0 unspecified atom stereocenters. The average molecular weight is 486 g/mol. The number of fused-ring (bicyclic) bond motifs is 1. The van der Waals surface area contributed by atoms with Crippen LogP contribution in [0, 0.1) is 52.4 Å². The second kappa shape index (κ2) is 8.84. The minimum atomic E-state index is -2.24. The van der Waals surface area contributed by atoms with Gasteiger partial charge in [0.25, 0.3) is 0 Å². The Morgan fingerprint density at radius 1 is 0.529 bits per heavy atom. The maximum Gasteiger partial charge on any atom is 0.635 e. The summed E-state index contributed by atoms with van der Waals surface area (Å²) >= 11 is 0. The van der Waals surface area contributed by atoms with Gasteiger partial charge in [0, 0.05) is 23.0 Å². The Kier molecular flexibility index (Phi) is 6.07. The molecule has 0 amide bonds. The SMILES string of the molecule is Fc1ccc(B(Oc2ccc(F)c(F)c2)Oc2c(F)c(F)c(F)c3c(F)c(F)ccc23)c(F)c1. The topological polar surface area (TPSA) is 18.5 Å². The third kappa shape index (κ3) is 4.11. The highest BCUT2D eigenvalue weighted by Crippen LogP contribution is 2.36. The standard InChI is InChI=1S/C22H8BF9O2/c24-9-1-4-12(15(27)7-9)23(33-10-2-5-13(25)16(28)8-10)34-22-11-3-6-14(26)18(29)17(11)19(30)20(31)21(22)32/h1-8H. The summed E-state index contributed by atoms with van der Waals surface area (Å²) in [7, 11) is -2.14. The van der Waals surface area contributed by atoms with E-state index in [0.29, 0.717) is 30.3 Å². The Hall–Kier alpha value is -3.83. The zero-order valence-corrected chi connectivity index (χ0v) is 16.4. The van der Waals surface area contributed by atoms with Crippen molar-refractivity contribution in [3.63, 3.8) is 0 Å². The van der Waals surface area contributed by atoms with E-state index in [1.165, 1.54) is 0 Å². The van der Waals surface area contributed by atoms with Crippen molar-refractivity contribution in [3.05, 3.63) is 101 Å². The lowest BCUT2D eigenvalue weighted by atomic mass is 9.78. The van der Waals surface area contributed by atoms with Crippen LogP contribution in [0.4, 0.5) is 39.5 Å². The van der Waals surface area contributed by atoms with Gasteiger partial charge in [-0.2, -0.15) is 4.39 Å². The van der Waals surface area contributed by atoms with Crippen LogP contribution in [0.25, 0.3) is 10.8 Å². The average Bonchev–Trinajstić information content (AvgIpc) is 2.79. The van der Waals surface area contributed by atoms with Crippen molar-refractivity contribution in [1.29, 1.82) is 0 Å². The van der Waals surface area contributed by atoms with Gasteiger partial charge in [-0.3, -0.25) is 0 Å². The van der Waals surface area contributed by atoms with Crippen molar-refractivity contribution in [2.45, 2.75) is 0 Å². The zero-order valence-electron chi connectivity index (χ0n) is 16.4. The fraction of sp³-hybridized carbons (Fsp3) is 0. The quantitative estimate of drug-likeness (QED) is 0.198. The molecule has 0 radical (unpaired) electrons. The molecule has 0 bridgehead atoms. The summed E-state index contributed by atoms with van der Waals surface area (Å²) in [5.74, 6) is -16.4. The van der Waals surface area contributed by atoms with Crippen LogP contribution in [-0.4, -0.2) is 7.12 Å². The number of hydrogen-bond donors (Lipinski definition) is 0. The normalized spacial score (nSPS) is 11.1. The highest BCUT2D eigenvalue weighted by Gasteiger charge is 2.34. The van der Waals surface area contributed by atoms with Crippen molar-refractivity contribution in [3.8, 4) is 11.5 Å². The first-order valence-electron chi connectivity index (χ1n) is 9.26. The second-order valence-corrected chi connectivity index (χ2v) is 6.86. The summed E-state index contributed by atoms with van der Waals surface area (Å²) in [4.78, 5) is 0. The van der Waals surface area contributed by atoms with Crippen molar-refractivity contribution in [1.82, 2.24) is 0 Å². The highest BCUT2D eigenvalue weighted by atomic mass is 19.2. The van der Waals surface area contributed by atoms with Crippen LogP contribution in [-0.2, 0) is 0 Å². The summed E-state index contributed by atoms with van der Waals surface area (Å²) in [6.45, 7) is 0. The molecule has 4 aromatic carbocycles. The molecule has 0 aromatic heterocycles. The van der Waals surface area contributed by atoms with Gasteiger partial charge >= 0.3 is 7.12 Å². The monoisotopic (exact) mass is 486 g/mol. The van der Waals surface area contributed by atoms with Gasteiger partial charge in [0.15, 0.2) is 34.9 Å². The third-order valence-electron chi connectivity index (χ3n) is 4.72. The predicted octanol–water partition coefficient (Wildman–Crippen LogP) is 5.94. The lowest BCUT2D eigenvalue weighted by Gasteiger charge is -2.20. The van der Waals surface area contributed by atoms with Crippen molar-refractivity contribution < 1.29 is 48.8 Å². The van der Waals surface area contributed by atoms with E-state index in [1.54, 1.807) is 0 Å². The van der Waals surface area contributed by atoms with Gasteiger partial charge in [0.05, 0.1) is 5.39 Å². The molecule has 34 heavy (non-hydrogen) atoms. The van der Waals surface area contributed by atoms with E-state index in [2.05, 4.69) is 0 Å². The third-order valence-corrected chi connectivity index (χ3v) is 4.72. The van der Waals surface area contributed by atoms with Gasteiger partial charge in [-0.25, -0.2) is 35.1 Å². The Morgan fingerprint density at radius 2 is 1.24 bits per heavy atom. The van der Waals surface area contributed by atoms with Crippen molar-refractivity contribution >= 4 is 23.4 Å². The minimum absolute atomic E-state index is 0.384. The molecule has 0 spiro atoms. The molecular weight excluding hydrogens is 478 g/mol. The number of rotatable bonds is 5. The van der Waals surface area contributed by atoms with E-state index in [0.717, 1.165) is 18.2 Å². The Labute approximate surface area is 185 Å². The fourth-order valence-corrected chi connectivity index (χ4v) is 3.12. The summed E-state index contributed by atoms with van der Waals surface area (Å²) in [5.41, 5.74) is -0.633. The van der Waals surface area contributed by atoms with Crippen LogP contribution in [0.15, 0.2) is 48.5 Å². The van der Waals surface area contributed by atoms with E-state index < -0.39 is 87.2 Å². The lowest BCUT2D eigenvalue weighted by Crippen LogP contribution is -2.45. The largest absolute Gasteiger partial charge is 0.635 e. The summed E-state index contributed by atoms with van der Waals surface area (Å²) in [6.07, 6.45) is 0. The van der Waals surface area contributed by atoms with Gasteiger partial charge in [-0.1, -0.05) is 6.07 Å². The number of benzene rings is 4. The Bertz CT molecular complexity index is 1430. The molecule has 4 aromatic rings. The first-order valence-corrected chi connectivity index (χ1v) is 9.26. The van der Waals surface area contributed by atoms with Crippen LogP contribution < -0.4 is 14.8 Å². The van der Waals surface area contributed by atoms with E-state index in [4.69, 9.17) is 9.31 Å². The van der Waals surface area contributed by atoms with Gasteiger partial charge in [-0.05, 0) is 30.3 Å². The van der Waals surface area contributed by atoms with E-state index >= 15 is 0 Å². The zero-order chi connectivity index (χ0) is 24.7. The summed E-state index contributed by atoms with van der Waals surface area (Å²) in [5, 5.41) is -2.10. The van der Waals surface area contributed by atoms with Crippen LogP contribution in [0.1, 0.15) is 0 Å². The molecule has 0 aliphatic rings. The number of halogens is 9. The lowest BCUT2D eigenvalue weighted by molar-refractivity contribution is 0.392. The molecule has 0 N–H and O–H groups in total. The van der Waals surface area contributed by atoms with Gasteiger partial charge in [0.2, 0.25) is 5.82 Å². The van der Waals surface area contributed by atoms with Crippen LogP contribution >= 0.6 is 0 Å². The number of hydrogen-bond acceptors (Lipinski definition) is 2. The molecular formula is C22H8BF9O2. The highest BCUT2D eigenvalue weighted by molar-refractivity contribution is 6.63. The molecule has 0 aliphatic heterocycles. The molecule has 174 valence electrons. The molecule has 0 aliphatic carbocycles. The van der Waals surface area contributed by atoms with Gasteiger partial charge in [0.1, 0.15) is 23.1 Å². The van der Waals surface area contributed by atoms with Crippen LogP contribution in [0.3, 0.4) is 0 Å². The maximum absolute atomic E-state index is 14.6. The predicted molar refractivity (Wildman–Crippen MR) is 103 cm³/mol. The van der Waals surface area contributed by atoms with Crippen molar-refractivity contribution in [2.75, 3.05) is 0 Å². The fourth-order valence-electron chi connectivity index (χ4n) is 3.12. The van der Waals surface area contributed by atoms with Gasteiger partial charge < -0.3 is 9.31 Å². The first kappa shape index (κ1) is 23.3.